The Morgan fingerprint density at radius 1 is 1.40 bits per heavy atom. The molecule has 0 aliphatic rings. The normalized spacial score (nSPS) is 12.7. The van der Waals surface area contributed by atoms with Gasteiger partial charge in [0.1, 0.15) is 5.82 Å². The first-order valence-electron chi connectivity index (χ1n) is 6.69. The molecule has 1 aromatic heterocycles. The van der Waals surface area contributed by atoms with Crippen LogP contribution < -0.4 is 5.32 Å². The predicted molar refractivity (Wildman–Crippen MR) is 82.2 cm³/mol. The van der Waals surface area contributed by atoms with Crippen LogP contribution in [0.3, 0.4) is 0 Å². The van der Waals surface area contributed by atoms with E-state index in [1.807, 2.05) is 24.8 Å². The van der Waals surface area contributed by atoms with Crippen LogP contribution in [-0.4, -0.2) is 16.8 Å². The largest absolute Gasteiger partial charge is 0.313 e. The molecule has 1 unspecified atom stereocenters. The molecule has 0 fully saturated rings. The summed E-state index contributed by atoms with van der Waals surface area (Å²) in [6.07, 6.45) is 1.74. The predicted octanol–water partition coefficient (Wildman–Crippen LogP) is 3.39. The van der Waals surface area contributed by atoms with Crippen LogP contribution in [0.2, 0.25) is 0 Å². The molecule has 2 aromatic rings. The highest BCUT2D eigenvalue weighted by atomic mass is 79.9. The molecule has 0 aliphatic heterocycles. The van der Waals surface area contributed by atoms with E-state index in [4.69, 9.17) is 0 Å². The minimum absolute atomic E-state index is 0.116. The molecular weight excluding hydrogens is 321 g/mol. The van der Waals surface area contributed by atoms with Crippen molar-refractivity contribution >= 4 is 15.9 Å². The molecule has 0 radical (unpaired) electrons. The molecule has 0 saturated carbocycles. The maximum absolute atomic E-state index is 13.2. The van der Waals surface area contributed by atoms with Crippen molar-refractivity contribution in [3.05, 3.63) is 51.5 Å². The number of likely N-dealkylation sites (N-methyl/N-ethyl adjacent to an activating group) is 1. The summed E-state index contributed by atoms with van der Waals surface area (Å²) in [5, 5.41) is 7.75. The number of nitrogens with zero attached hydrogens (tertiary/aromatic N) is 2. The van der Waals surface area contributed by atoms with Gasteiger partial charge in [0.05, 0.1) is 5.69 Å². The zero-order chi connectivity index (χ0) is 14.7. The Bertz CT molecular complexity index is 595. The molecule has 2 rings (SSSR count). The standard InChI is InChI=1S/C15H19BrFN3/c1-4-11-8-12(20(3)19-11)9-15(18-2)13-6-5-10(17)7-14(13)16/h5-8,15,18H,4,9H2,1-3H3. The lowest BCUT2D eigenvalue weighted by Gasteiger charge is -2.18. The van der Waals surface area contributed by atoms with Crippen LogP contribution in [0.5, 0.6) is 0 Å². The third-order valence-corrected chi connectivity index (χ3v) is 4.18. The molecular formula is C15H19BrFN3. The Kier molecular flexibility index (Phi) is 4.94. The summed E-state index contributed by atoms with van der Waals surface area (Å²) in [5.74, 6) is -0.232. The summed E-state index contributed by atoms with van der Waals surface area (Å²) in [7, 11) is 3.87. The van der Waals surface area contributed by atoms with Crippen molar-refractivity contribution in [2.75, 3.05) is 7.05 Å². The zero-order valence-electron chi connectivity index (χ0n) is 12.0. The molecule has 1 N–H and O–H groups in total. The molecule has 1 atom stereocenters. The van der Waals surface area contributed by atoms with Crippen LogP contribution in [-0.2, 0) is 19.9 Å². The first-order chi connectivity index (χ1) is 9.55. The second kappa shape index (κ2) is 6.50. The fourth-order valence-corrected chi connectivity index (χ4v) is 2.92. The summed E-state index contributed by atoms with van der Waals surface area (Å²) >= 11 is 3.44. The summed E-state index contributed by atoms with van der Waals surface area (Å²) in [6.45, 7) is 2.10. The van der Waals surface area contributed by atoms with Gasteiger partial charge in [-0.2, -0.15) is 5.10 Å². The number of rotatable bonds is 5. The quantitative estimate of drug-likeness (QED) is 0.904. The van der Waals surface area contributed by atoms with Gasteiger partial charge in [-0.15, -0.1) is 0 Å². The average Bonchev–Trinajstić information content (AvgIpc) is 2.77. The van der Waals surface area contributed by atoms with E-state index < -0.39 is 0 Å². The van der Waals surface area contributed by atoms with Gasteiger partial charge in [0, 0.05) is 29.7 Å². The summed E-state index contributed by atoms with van der Waals surface area (Å²) in [6, 6.07) is 7.05. The number of hydrogen-bond acceptors (Lipinski definition) is 2. The van der Waals surface area contributed by atoms with Crippen LogP contribution in [0.15, 0.2) is 28.7 Å². The average molecular weight is 340 g/mol. The lowest BCUT2D eigenvalue weighted by atomic mass is 10.0. The van der Waals surface area contributed by atoms with Crippen molar-refractivity contribution in [2.24, 2.45) is 7.05 Å². The number of aryl methyl sites for hydroxylation is 2. The number of benzene rings is 1. The van der Waals surface area contributed by atoms with Gasteiger partial charge in [0.2, 0.25) is 0 Å². The molecule has 5 heteroatoms. The van der Waals surface area contributed by atoms with Crippen molar-refractivity contribution in [2.45, 2.75) is 25.8 Å². The minimum atomic E-state index is -0.232. The van der Waals surface area contributed by atoms with Crippen LogP contribution in [0.4, 0.5) is 4.39 Å². The Balaban J connectivity index is 2.26. The molecule has 0 spiro atoms. The van der Waals surface area contributed by atoms with Crippen molar-refractivity contribution in [3.63, 3.8) is 0 Å². The number of aromatic nitrogens is 2. The Morgan fingerprint density at radius 3 is 2.70 bits per heavy atom. The van der Waals surface area contributed by atoms with E-state index in [1.54, 1.807) is 0 Å². The fourth-order valence-electron chi connectivity index (χ4n) is 2.30. The van der Waals surface area contributed by atoms with E-state index in [0.29, 0.717) is 0 Å². The lowest BCUT2D eigenvalue weighted by molar-refractivity contribution is 0.556. The van der Waals surface area contributed by atoms with Gasteiger partial charge in [-0.3, -0.25) is 4.68 Å². The second-order valence-corrected chi connectivity index (χ2v) is 5.67. The highest BCUT2D eigenvalue weighted by Gasteiger charge is 2.16. The van der Waals surface area contributed by atoms with Gasteiger partial charge in [-0.05, 0) is 37.2 Å². The maximum atomic E-state index is 13.2. The van der Waals surface area contributed by atoms with E-state index in [-0.39, 0.29) is 11.9 Å². The van der Waals surface area contributed by atoms with Crippen LogP contribution in [0.25, 0.3) is 0 Å². The Morgan fingerprint density at radius 2 is 2.15 bits per heavy atom. The minimum Gasteiger partial charge on any atom is -0.313 e. The summed E-state index contributed by atoms with van der Waals surface area (Å²) in [4.78, 5) is 0. The third kappa shape index (κ3) is 3.27. The molecule has 1 heterocycles. The van der Waals surface area contributed by atoms with Crippen molar-refractivity contribution in [1.29, 1.82) is 0 Å². The summed E-state index contributed by atoms with van der Waals surface area (Å²) < 4.78 is 15.9. The molecule has 1 aromatic carbocycles. The first-order valence-corrected chi connectivity index (χ1v) is 7.48. The molecule has 108 valence electrons. The summed E-state index contributed by atoms with van der Waals surface area (Å²) in [5.41, 5.74) is 3.31. The number of halogens is 2. The highest BCUT2D eigenvalue weighted by Crippen LogP contribution is 2.27. The number of hydrogen-bond donors (Lipinski definition) is 1. The third-order valence-electron chi connectivity index (χ3n) is 3.49. The number of nitrogens with one attached hydrogen (secondary N) is 1. The SMILES string of the molecule is CCc1cc(CC(NC)c2ccc(F)cc2Br)n(C)n1. The van der Waals surface area contributed by atoms with Crippen molar-refractivity contribution in [1.82, 2.24) is 15.1 Å². The smallest absolute Gasteiger partial charge is 0.124 e. The monoisotopic (exact) mass is 339 g/mol. The van der Waals surface area contributed by atoms with Gasteiger partial charge < -0.3 is 5.32 Å². The fraction of sp³-hybridized carbons (Fsp3) is 0.400. The van der Waals surface area contributed by atoms with Crippen LogP contribution >= 0.6 is 15.9 Å². The van der Waals surface area contributed by atoms with E-state index in [9.17, 15) is 4.39 Å². The lowest BCUT2D eigenvalue weighted by Crippen LogP contribution is -2.20. The topological polar surface area (TPSA) is 29.9 Å². The second-order valence-electron chi connectivity index (χ2n) is 4.82. The molecule has 3 nitrogen and oxygen atoms in total. The van der Waals surface area contributed by atoms with Crippen molar-refractivity contribution in [3.8, 4) is 0 Å². The Hall–Kier alpha value is -1.20. The Labute approximate surface area is 127 Å². The van der Waals surface area contributed by atoms with Gasteiger partial charge in [0.15, 0.2) is 0 Å². The first kappa shape index (κ1) is 15.2. The van der Waals surface area contributed by atoms with Gasteiger partial charge in [0.25, 0.3) is 0 Å². The van der Waals surface area contributed by atoms with E-state index in [1.165, 1.54) is 12.1 Å². The molecule has 0 bridgehead atoms. The molecule has 0 aliphatic carbocycles. The van der Waals surface area contributed by atoms with Gasteiger partial charge >= 0.3 is 0 Å². The molecule has 0 saturated heterocycles. The van der Waals surface area contributed by atoms with E-state index >= 15 is 0 Å². The van der Waals surface area contributed by atoms with Crippen LogP contribution in [0.1, 0.15) is 29.9 Å². The van der Waals surface area contributed by atoms with E-state index in [2.05, 4.69) is 39.3 Å². The zero-order valence-corrected chi connectivity index (χ0v) is 13.5. The van der Waals surface area contributed by atoms with E-state index in [0.717, 1.165) is 34.3 Å². The maximum Gasteiger partial charge on any atom is 0.124 e. The highest BCUT2D eigenvalue weighted by molar-refractivity contribution is 9.10. The molecule has 20 heavy (non-hydrogen) atoms. The van der Waals surface area contributed by atoms with Gasteiger partial charge in [-0.1, -0.05) is 28.9 Å². The molecule has 0 amide bonds. The van der Waals surface area contributed by atoms with Gasteiger partial charge in [-0.25, -0.2) is 4.39 Å². The van der Waals surface area contributed by atoms with Crippen molar-refractivity contribution < 1.29 is 4.39 Å². The van der Waals surface area contributed by atoms with Crippen LogP contribution in [0, 0.1) is 5.82 Å².